The van der Waals surface area contributed by atoms with Crippen LogP contribution >= 0.6 is 0 Å². The first-order valence-corrected chi connectivity index (χ1v) is 4.28. The van der Waals surface area contributed by atoms with Crippen molar-refractivity contribution in [3.8, 4) is 0 Å². The maximum Gasteiger partial charge on any atom is 0.411 e. The van der Waals surface area contributed by atoms with E-state index in [1.165, 1.54) is 0 Å². The van der Waals surface area contributed by atoms with E-state index in [9.17, 15) is 13.2 Å². The molecule has 0 aliphatic heterocycles. The molecule has 2 nitrogen and oxygen atoms in total. The Morgan fingerprint density at radius 1 is 1.50 bits per heavy atom. The Balaban J connectivity index is 3.45. The van der Waals surface area contributed by atoms with Gasteiger partial charge in [-0.15, -0.1) is 6.58 Å². The zero-order chi connectivity index (χ0) is 11.2. The van der Waals surface area contributed by atoms with Crippen molar-refractivity contribution in [3.05, 3.63) is 12.2 Å². The Morgan fingerprint density at radius 2 is 2.07 bits per heavy atom. The molecule has 0 radical (unpaired) electrons. The summed E-state index contributed by atoms with van der Waals surface area (Å²) in [6, 6.07) is 0. The van der Waals surface area contributed by atoms with Gasteiger partial charge in [0.2, 0.25) is 0 Å². The molecule has 0 aromatic heterocycles. The van der Waals surface area contributed by atoms with Crippen LogP contribution in [0, 0.1) is 0 Å². The van der Waals surface area contributed by atoms with Crippen molar-refractivity contribution in [2.45, 2.75) is 32.0 Å². The van der Waals surface area contributed by atoms with Crippen molar-refractivity contribution in [1.82, 2.24) is 0 Å². The summed E-state index contributed by atoms with van der Waals surface area (Å²) in [6.07, 6.45) is -4.20. The van der Waals surface area contributed by atoms with Crippen molar-refractivity contribution >= 4 is 0 Å². The van der Waals surface area contributed by atoms with Crippen LogP contribution in [0.1, 0.15) is 19.8 Å². The lowest BCUT2D eigenvalue weighted by atomic mass is 10.1. The summed E-state index contributed by atoms with van der Waals surface area (Å²) in [5, 5.41) is 9.16. The Labute approximate surface area is 81.4 Å². The molecule has 0 heterocycles. The molecule has 0 saturated heterocycles. The van der Waals surface area contributed by atoms with Gasteiger partial charge in [0.1, 0.15) is 6.61 Å². The molecule has 0 rings (SSSR count). The molecule has 0 fully saturated rings. The molecule has 0 spiro atoms. The van der Waals surface area contributed by atoms with E-state index in [0.29, 0.717) is 12.8 Å². The lowest BCUT2D eigenvalue weighted by Crippen LogP contribution is -2.22. The van der Waals surface area contributed by atoms with Crippen LogP contribution in [0.15, 0.2) is 12.2 Å². The average Bonchev–Trinajstić information content (AvgIpc) is 1.98. The summed E-state index contributed by atoms with van der Waals surface area (Å²) in [6.45, 7) is 3.82. The third kappa shape index (κ3) is 9.54. The van der Waals surface area contributed by atoms with E-state index in [2.05, 4.69) is 11.3 Å². The molecule has 1 N–H and O–H groups in total. The molecular weight excluding hydrogens is 197 g/mol. The zero-order valence-electron chi connectivity index (χ0n) is 8.10. The lowest BCUT2D eigenvalue weighted by molar-refractivity contribution is -0.179. The minimum Gasteiger partial charge on any atom is -0.391 e. The zero-order valence-corrected chi connectivity index (χ0v) is 8.10. The van der Waals surface area contributed by atoms with Gasteiger partial charge in [0.15, 0.2) is 0 Å². The minimum absolute atomic E-state index is 0.285. The molecule has 0 aliphatic carbocycles. The van der Waals surface area contributed by atoms with Crippen molar-refractivity contribution in [2.75, 3.05) is 13.2 Å². The van der Waals surface area contributed by atoms with Crippen molar-refractivity contribution in [3.63, 3.8) is 0 Å². The molecule has 0 aliphatic rings. The number of allylic oxidation sites excluding steroid dienone is 1. The summed E-state index contributed by atoms with van der Waals surface area (Å²) in [4.78, 5) is 0. The summed E-state index contributed by atoms with van der Waals surface area (Å²) >= 11 is 0. The van der Waals surface area contributed by atoms with Crippen molar-refractivity contribution < 1.29 is 23.0 Å². The van der Waals surface area contributed by atoms with Gasteiger partial charge in [-0.25, -0.2) is 0 Å². The van der Waals surface area contributed by atoms with E-state index in [1.807, 2.05) is 0 Å². The highest BCUT2D eigenvalue weighted by molar-refractivity contribution is 4.88. The standard InChI is InChI=1S/C9H15F3O2/c1-7(2)3-4-8(13)5-14-6-9(10,11)12/h8,13H,1,3-6H2,2H3. The SMILES string of the molecule is C=C(C)CCC(O)COCC(F)(F)F. The van der Waals surface area contributed by atoms with Gasteiger partial charge in [-0.1, -0.05) is 5.57 Å². The second-order valence-corrected chi connectivity index (χ2v) is 3.28. The number of ether oxygens (including phenoxy) is 1. The third-order valence-corrected chi connectivity index (χ3v) is 1.48. The predicted molar refractivity (Wildman–Crippen MR) is 46.9 cm³/mol. The quantitative estimate of drug-likeness (QED) is 0.684. The summed E-state index contributed by atoms with van der Waals surface area (Å²) in [7, 11) is 0. The van der Waals surface area contributed by atoms with Crippen LogP contribution in [-0.2, 0) is 4.74 Å². The fraction of sp³-hybridized carbons (Fsp3) is 0.778. The van der Waals surface area contributed by atoms with Crippen LogP contribution in [0.5, 0.6) is 0 Å². The average molecular weight is 212 g/mol. The van der Waals surface area contributed by atoms with Gasteiger partial charge in [-0.3, -0.25) is 0 Å². The van der Waals surface area contributed by atoms with Crippen molar-refractivity contribution in [2.24, 2.45) is 0 Å². The number of hydrogen-bond donors (Lipinski definition) is 1. The summed E-state index contributed by atoms with van der Waals surface area (Å²) < 4.78 is 39.1. The molecule has 0 aromatic rings. The Bertz CT molecular complexity index is 177. The van der Waals surface area contributed by atoms with Gasteiger partial charge in [0.25, 0.3) is 0 Å². The molecule has 1 atom stereocenters. The fourth-order valence-electron chi connectivity index (χ4n) is 0.807. The Kier molecular flexibility index (Phi) is 5.79. The first-order chi connectivity index (χ1) is 6.31. The highest BCUT2D eigenvalue weighted by atomic mass is 19.4. The van der Waals surface area contributed by atoms with Gasteiger partial charge >= 0.3 is 6.18 Å². The first kappa shape index (κ1) is 13.4. The molecule has 14 heavy (non-hydrogen) atoms. The number of halogens is 3. The minimum atomic E-state index is -4.33. The number of hydrogen-bond acceptors (Lipinski definition) is 2. The maximum absolute atomic E-state index is 11.6. The molecule has 1 unspecified atom stereocenters. The van der Waals surface area contributed by atoms with E-state index in [4.69, 9.17) is 5.11 Å². The van der Waals surface area contributed by atoms with Gasteiger partial charge in [-0.2, -0.15) is 13.2 Å². The normalized spacial score (nSPS) is 14.1. The van der Waals surface area contributed by atoms with E-state index >= 15 is 0 Å². The topological polar surface area (TPSA) is 29.5 Å². The highest BCUT2D eigenvalue weighted by Gasteiger charge is 2.27. The highest BCUT2D eigenvalue weighted by Crippen LogP contribution is 2.15. The molecule has 0 amide bonds. The van der Waals surface area contributed by atoms with Gasteiger partial charge < -0.3 is 9.84 Å². The Morgan fingerprint density at radius 3 is 2.50 bits per heavy atom. The van der Waals surface area contributed by atoms with Crippen LogP contribution in [0.2, 0.25) is 0 Å². The van der Waals surface area contributed by atoms with Gasteiger partial charge in [0.05, 0.1) is 12.7 Å². The van der Waals surface area contributed by atoms with Gasteiger partial charge in [-0.05, 0) is 19.8 Å². The molecule has 0 bridgehead atoms. The number of aliphatic hydroxyl groups is 1. The Hall–Kier alpha value is -0.550. The maximum atomic E-state index is 11.6. The second kappa shape index (κ2) is 6.03. The number of aliphatic hydroxyl groups excluding tert-OH is 1. The molecular formula is C9H15F3O2. The van der Waals surface area contributed by atoms with Crippen LogP contribution in [0.4, 0.5) is 13.2 Å². The molecule has 0 aromatic carbocycles. The smallest absolute Gasteiger partial charge is 0.391 e. The summed E-state index contributed by atoms with van der Waals surface area (Å²) in [5.74, 6) is 0. The predicted octanol–water partition coefficient (Wildman–Crippen LogP) is 2.28. The van der Waals surface area contributed by atoms with Crippen LogP contribution in [-0.4, -0.2) is 30.6 Å². The largest absolute Gasteiger partial charge is 0.411 e. The third-order valence-electron chi connectivity index (χ3n) is 1.48. The second-order valence-electron chi connectivity index (χ2n) is 3.28. The first-order valence-electron chi connectivity index (χ1n) is 4.28. The van der Waals surface area contributed by atoms with E-state index in [0.717, 1.165) is 5.57 Å². The monoisotopic (exact) mass is 212 g/mol. The fourth-order valence-corrected chi connectivity index (χ4v) is 0.807. The van der Waals surface area contributed by atoms with Crippen LogP contribution < -0.4 is 0 Å². The molecule has 5 heteroatoms. The number of alkyl halides is 3. The summed E-state index contributed by atoms with van der Waals surface area (Å²) in [5.41, 5.74) is 0.889. The van der Waals surface area contributed by atoms with Crippen LogP contribution in [0.25, 0.3) is 0 Å². The van der Waals surface area contributed by atoms with Crippen LogP contribution in [0.3, 0.4) is 0 Å². The van der Waals surface area contributed by atoms with E-state index in [-0.39, 0.29) is 6.61 Å². The van der Waals surface area contributed by atoms with Crippen molar-refractivity contribution in [1.29, 1.82) is 0 Å². The van der Waals surface area contributed by atoms with Gasteiger partial charge in [0, 0.05) is 0 Å². The molecule has 84 valence electrons. The van der Waals surface area contributed by atoms with E-state index < -0.39 is 18.9 Å². The molecule has 0 saturated carbocycles. The lowest BCUT2D eigenvalue weighted by Gasteiger charge is -2.12. The number of rotatable bonds is 6. The van der Waals surface area contributed by atoms with E-state index in [1.54, 1.807) is 6.92 Å².